The Morgan fingerprint density at radius 1 is 0.760 bits per heavy atom. The zero-order valence-electron chi connectivity index (χ0n) is 28.9. The van der Waals surface area contributed by atoms with Crippen LogP contribution in [0.25, 0.3) is 0 Å². The zero-order valence-corrected chi connectivity index (χ0v) is 28.9. The van der Waals surface area contributed by atoms with Gasteiger partial charge in [-0.05, 0) is 54.3 Å². The van der Waals surface area contributed by atoms with Crippen molar-refractivity contribution in [2.75, 3.05) is 24.6 Å². The number of nitrogen functional groups attached to an aromatic ring is 1. The van der Waals surface area contributed by atoms with Crippen LogP contribution in [0.4, 0.5) is 11.4 Å². The second-order valence-corrected chi connectivity index (χ2v) is 13.1. The minimum Gasteiger partial charge on any atom is -0.397 e. The van der Waals surface area contributed by atoms with E-state index in [1.165, 1.54) is 5.56 Å². The molecule has 0 saturated carbocycles. The second-order valence-electron chi connectivity index (χ2n) is 13.1. The second kappa shape index (κ2) is 19.0. The SMILES string of the molecule is CN(Cc1ccccc1)C[C@H]1C[C@@H](c2ccc(CO)cc2)O[C@@H](c2ccc(CNC(=O)CCCCCCC(=O)Nc3ccccc3N)cc2)O1. The van der Waals surface area contributed by atoms with Gasteiger partial charge in [0.1, 0.15) is 0 Å². The number of hydrogen-bond donors (Lipinski definition) is 4. The number of carbonyl (C=O) groups excluding carboxylic acids is 2. The molecule has 0 spiro atoms. The predicted octanol–water partition coefficient (Wildman–Crippen LogP) is 7.03. The maximum atomic E-state index is 12.5. The summed E-state index contributed by atoms with van der Waals surface area (Å²) in [4.78, 5) is 27.0. The number of aliphatic hydroxyl groups is 1. The first-order valence-electron chi connectivity index (χ1n) is 17.6. The number of carbonyl (C=O) groups is 2. The van der Waals surface area contributed by atoms with Crippen LogP contribution in [-0.4, -0.2) is 41.5 Å². The molecule has 0 aromatic heterocycles. The number of aliphatic hydroxyl groups excluding tert-OH is 1. The molecule has 0 unspecified atom stereocenters. The van der Waals surface area contributed by atoms with Gasteiger partial charge in [-0.3, -0.25) is 14.5 Å². The van der Waals surface area contributed by atoms with Crippen molar-refractivity contribution in [1.82, 2.24) is 10.2 Å². The Bertz CT molecular complexity index is 1630. The van der Waals surface area contributed by atoms with Crippen molar-refractivity contribution in [3.8, 4) is 0 Å². The summed E-state index contributed by atoms with van der Waals surface area (Å²) in [6.45, 7) is 2.03. The number of anilines is 2. The number of hydrogen-bond acceptors (Lipinski definition) is 7. The van der Waals surface area contributed by atoms with Gasteiger partial charge in [-0.25, -0.2) is 0 Å². The molecule has 0 radical (unpaired) electrons. The minimum absolute atomic E-state index is 0.00520. The first-order chi connectivity index (χ1) is 24.4. The fraction of sp³-hybridized carbons (Fsp3) is 0.366. The predicted molar refractivity (Wildman–Crippen MR) is 197 cm³/mol. The summed E-state index contributed by atoms with van der Waals surface area (Å²) < 4.78 is 13.0. The Kier molecular flexibility index (Phi) is 14.0. The number of unbranched alkanes of at least 4 members (excludes halogenated alkanes) is 3. The van der Waals surface area contributed by atoms with Crippen molar-refractivity contribution >= 4 is 23.2 Å². The molecule has 264 valence electrons. The standard InChI is InChI=1S/C41H50N4O5/c1-45(27-31-11-5-4-6-12-31)28-35-25-38(33-21-19-32(29-46)20-22-33)50-41(49-35)34-23-17-30(18-24-34)26-43-39(47)15-7-2-3-8-16-40(48)44-37-14-10-9-13-36(37)42/h4-6,9-14,17-24,35,38,41,46H,2-3,7-8,15-16,25-29,42H2,1H3,(H,43,47)(H,44,48)/t35-,38+,41+/m1/s1. The lowest BCUT2D eigenvalue weighted by atomic mass is 9.99. The summed E-state index contributed by atoms with van der Waals surface area (Å²) in [7, 11) is 2.11. The molecule has 0 bridgehead atoms. The van der Waals surface area contributed by atoms with E-state index in [1.54, 1.807) is 12.1 Å². The van der Waals surface area contributed by atoms with Gasteiger partial charge in [0.25, 0.3) is 0 Å². The summed E-state index contributed by atoms with van der Waals surface area (Å²) >= 11 is 0. The molecule has 5 rings (SSSR count). The van der Waals surface area contributed by atoms with Crippen LogP contribution < -0.4 is 16.4 Å². The highest BCUT2D eigenvalue weighted by atomic mass is 16.7. The number of para-hydroxylation sites is 2. The van der Waals surface area contributed by atoms with Gasteiger partial charge in [-0.1, -0.05) is 104 Å². The lowest BCUT2D eigenvalue weighted by Gasteiger charge is -2.38. The molecule has 1 fully saturated rings. The maximum Gasteiger partial charge on any atom is 0.224 e. The number of likely N-dealkylation sites (N-methyl/N-ethyl adjacent to an activating group) is 1. The minimum atomic E-state index is -0.535. The van der Waals surface area contributed by atoms with Crippen LogP contribution in [0.15, 0.2) is 103 Å². The lowest BCUT2D eigenvalue weighted by Crippen LogP contribution is -2.37. The van der Waals surface area contributed by atoms with E-state index in [1.807, 2.05) is 66.7 Å². The zero-order chi connectivity index (χ0) is 35.1. The van der Waals surface area contributed by atoms with Gasteiger partial charge in [0, 0.05) is 44.5 Å². The molecule has 1 heterocycles. The van der Waals surface area contributed by atoms with E-state index in [0.717, 1.165) is 67.4 Å². The Morgan fingerprint density at radius 3 is 2.10 bits per heavy atom. The third kappa shape index (κ3) is 11.5. The van der Waals surface area contributed by atoms with E-state index in [0.29, 0.717) is 30.8 Å². The number of nitrogens with zero attached hydrogens (tertiary/aromatic N) is 1. The van der Waals surface area contributed by atoms with Gasteiger partial charge in [0.15, 0.2) is 6.29 Å². The average molecular weight is 679 g/mol. The van der Waals surface area contributed by atoms with Crippen molar-refractivity contribution in [2.45, 2.75) is 83.1 Å². The maximum absolute atomic E-state index is 12.5. The number of amides is 2. The smallest absolute Gasteiger partial charge is 0.224 e. The highest BCUT2D eigenvalue weighted by molar-refractivity contribution is 5.93. The Balaban J connectivity index is 1.07. The number of nitrogens with one attached hydrogen (secondary N) is 2. The van der Waals surface area contributed by atoms with Gasteiger partial charge in [0.05, 0.1) is 30.2 Å². The van der Waals surface area contributed by atoms with Crippen LogP contribution in [0.1, 0.15) is 85.2 Å². The molecule has 9 nitrogen and oxygen atoms in total. The van der Waals surface area contributed by atoms with Gasteiger partial charge in [-0.15, -0.1) is 0 Å². The summed E-state index contributed by atoms with van der Waals surface area (Å²) in [5.74, 6) is -0.0317. The summed E-state index contributed by atoms with van der Waals surface area (Å²) in [5.41, 5.74) is 12.2. The Morgan fingerprint density at radius 2 is 1.40 bits per heavy atom. The molecular formula is C41H50N4O5. The molecule has 50 heavy (non-hydrogen) atoms. The van der Waals surface area contributed by atoms with E-state index in [2.05, 4.69) is 46.8 Å². The molecule has 1 saturated heterocycles. The highest BCUT2D eigenvalue weighted by Crippen LogP contribution is 2.38. The van der Waals surface area contributed by atoms with E-state index in [4.69, 9.17) is 15.2 Å². The molecule has 3 atom stereocenters. The van der Waals surface area contributed by atoms with Crippen molar-refractivity contribution in [1.29, 1.82) is 0 Å². The summed E-state index contributed by atoms with van der Waals surface area (Å²) in [6, 6.07) is 33.6. The van der Waals surface area contributed by atoms with E-state index in [-0.39, 0.29) is 30.6 Å². The molecule has 4 aromatic rings. The first kappa shape index (κ1) is 36.7. The van der Waals surface area contributed by atoms with Gasteiger partial charge in [0.2, 0.25) is 11.8 Å². The molecule has 0 aliphatic carbocycles. The van der Waals surface area contributed by atoms with Crippen LogP contribution in [0.5, 0.6) is 0 Å². The Hall–Kier alpha value is -4.54. The highest BCUT2D eigenvalue weighted by Gasteiger charge is 2.32. The molecule has 1 aliphatic rings. The van der Waals surface area contributed by atoms with E-state index in [9.17, 15) is 14.7 Å². The van der Waals surface area contributed by atoms with Crippen LogP contribution in [0, 0.1) is 0 Å². The number of rotatable bonds is 17. The van der Waals surface area contributed by atoms with E-state index < -0.39 is 6.29 Å². The summed E-state index contributed by atoms with van der Waals surface area (Å²) in [5, 5.41) is 15.4. The van der Waals surface area contributed by atoms with Gasteiger partial charge < -0.3 is 30.9 Å². The lowest BCUT2D eigenvalue weighted by molar-refractivity contribution is -0.252. The summed E-state index contributed by atoms with van der Waals surface area (Å²) in [6.07, 6.45) is 4.19. The normalized spacial score (nSPS) is 17.4. The molecular weight excluding hydrogens is 628 g/mol. The van der Waals surface area contributed by atoms with Crippen molar-refractivity contribution in [3.63, 3.8) is 0 Å². The fourth-order valence-corrected chi connectivity index (χ4v) is 6.17. The third-order valence-electron chi connectivity index (χ3n) is 8.96. The van der Waals surface area contributed by atoms with Crippen LogP contribution in [0.2, 0.25) is 0 Å². The fourth-order valence-electron chi connectivity index (χ4n) is 6.17. The average Bonchev–Trinajstić information content (AvgIpc) is 3.13. The molecule has 2 amide bonds. The first-order valence-corrected chi connectivity index (χ1v) is 17.6. The largest absolute Gasteiger partial charge is 0.397 e. The topological polar surface area (TPSA) is 126 Å². The number of nitrogens with two attached hydrogens (primary N) is 1. The molecule has 4 aromatic carbocycles. The van der Waals surface area contributed by atoms with Crippen molar-refractivity contribution in [2.24, 2.45) is 0 Å². The van der Waals surface area contributed by atoms with Crippen LogP contribution >= 0.6 is 0 Å². The van der Waals surface area contributed by atoms with Crippen LogP contribution in [0.3, 0.4) is 0 Å². The molecule has 1 aliphatic heterocycles. The van der Waals surface area contributed by atoms with Crippen LogP contribution in [-0.2, 0) is 38.8 Å². The van der Waals surface area contributed by atoms with Gasteiger partial charge >= 0.3 is 0 Å². The van der Waals surface area contributed by atoms with Crippen molar-refractivity contribution in [3.05, 3.63) is 131 Å². The van der Waals surface area contributed by atoms with E-state index >= 15 is 0 Å². The van der Waals surface area contributed by atoms with Gasteiger partial charge in [-0.2, -0.15) is 0 Å². The monoisotopic (exact) mass is 678 g/mol. The quantitative estimate of drug-likeness (QED) is 0.0698. The molecule has 9 heteroatoms. The number of ether oxygens (including phenoxy) is 2. The molecule has 5 N–H and O–H groups in total. The Labute approximate surface area is 295 Å². The third-order valence-corrected chi connectivity index (χ3v) is 8.96. The number of benzene rings is 4. The van der Waals surface area contributed by atoms with Crippen molar-refractivity contribution < 1.29 is 24.2 Å².